The number of rotatable bonds is 2. The maximum atomic E-state index is 11.6. The molecule has 0 spiro atoms. The third-order valence-corrected chi connectivity index (χ3v) is 4.15. The first kappa shape index (κ1) is 11.0. The molecule has 2 atom stereocenters. The highest BCUT2D eigenvalue weighted by atomic mass is 16.1. The van der Waals surface area contributed by atoms with E-state index in [2.05, 4.69) is 35.2 Å². The van der Waals surface area contributed by atoms with E-state index in [-0.39, 0.29) is 0 Å². The number of carbonyl (C=O) groups excluding carboxylic acids is 1. The van der Waals surface area contributed by atoms with Crippen molar-refractivity contribution < 1.29 is 4.79 Å². The lowest BCUT2D eigenvalue weighted by molar-refractivity contribution is -0.127. The smallest absolute Gasteiger partial charge is 0.136 e. The first-order valence-corrected chi connectivity index (χ1v) is 6.64. The zero-order valence-electron chi connectivity index (χ0n) is 10.1. The molecule has 2 aliphatic heterocycles. The van der Waals surface area contributed by atoms with Crippen LogP contribution in [0.4, 0.5) is 0 Å². The number of benzene rings is 1. The molecule has 1 aromatic carbocycles. The Bertz CT molecular complexity index is 385. The third kappa shape index (κ3) is 2.27. The van der Waals surface area contributed by atoms with Gasteiger partial charge < -0.3 is 0 Å². The maximum Gasteiger partial charge on any atom is 0.136 e. The Morgan fingerprint density at radius 1 is 1.06 bits per heavy atom. The van der Waals surface area contributed by atoms with Crippen LogP contribution in [-0.4, -0.2) is 22.8 Å². The van der Waals surface area contributed by atoms with Gasteiger partial charge in [0.25, 0.3) is 0 Å². The normalized spacial score (nSPS) is 29.3. The number of carbonyl (C=O) groups is 1. The third-order valence-electron chi connectivity index (χ3n) is 4.15. The minimum absolute atomic E-state index is 0.476. The molecular formula is C15H19NO. The molecule has 0 aliphatic carbocycles. The van der Waals surface area contributed by atoms with E-state index in [9.17, 15) is 4.79 Å². The van der Waals surface area contributed by atoms with Gasteiger partial charge in [0.1, 0.15) is 5.78 Å². The van der Waals surface area contributed by atoms with Gasteiger partial charge >= 0.3 is 0 Å². The number of nitrogens with zero attached hydrogens (tertiary/aromatic N) is 1. The summed E-state index contributed by atoms with van der Waals surface area (Å²) < 4.78 is 0. The van der Waals surface area contributed by atoms with E-state index >= 15 is 0 Å². The average Bonchev–Trinajstić information content (AvgIpc) is 2.32. The first-order chi connectivity index (χ1) is 8.33. The summed E-state index contributed by atoms with van der Waals surface area (Å²) in [5, 5.41) is 0. The van der Waals surface area contributed by atoms with Crippen molar-refractivity contribution in [3.8, 4) is 0 Å². The van der Waals surface area contributed by atoms with Crippen LogP contribution in [0.15, 0.2) is 30.3 Å². The highest BCUT2D eigenvalue weighted by Gasteiger charge is 2.37. The summed E-state index contributed by atoms with van der Waals surface area (Å²) in [5.41, 5.74) is 1.37. The molecule has 0 radical (unpaired) electrons. The van der Waals surface area contributed by atoms with Crippen LogP contribution in [0.2, 0.25) is 0 Å². The maximum absolute atomic E-state index is 11.6. The predicted molar refractivity (Wildman–Crippen MR) is 67.7 cm³/mol. The number of piperidine rings is 2. The van der Waals surface area contributed by atoms with Gasteiger partial charge in [-0.1, -0.05) is 36.8 Å². The van der Waals surface area contributed by atoms with Crippen LogP contribution in [0.5, 0.6) is 0 Å². The second-order valence-electron chi connectivity index (χ2n) is 5.34. The fourth-order valence-electron chi connectivity index (χ4n) is 3.32. The second kappa shape index (κ2) is 4.61. The number of Topliss-reactive ketones (excluding diaryl/α,β-unsaturated/α-hetero) is 1. The zero-order chi connectivity index (χ0) is 11.7. The molecule has 2 fully saturated rings. The number of ketones is 1. The van der Waals surface area contributed by atoms with Gasteiger partial charge in [0, 0.05) is 31.5 Å². The highest BCUT2D eigenvalue weighted by Crippen LogP contribution is 2.33. The molecule has 0 amide bonds. The molecule has 90 valence electrons. The van der Waals surface area contributed by atoms with Gasteiger partial charge in [-0.2, -0.15) is 0 Å². The van der Waals surface area contributed by atoms with Crippen LogP contribution < -0.4 is 0 Å². The Morgan fingerprint density at radius 2 is 1.71 bits per heavy atom. The summed E-state index contributed by atoms with van der Waals surface area (Å²) in [6, 6.07) is 11.6. The summed E-state index contributed by atoms with van der Waals surface area (Å²) in [4.78, 5) is 14.2. The van der Waals surface area contributed by atoms with Gasteiger partial charge in [-0.3, -0.25) is 9.69 Å². The minimum Gasteiger partial charge on any atom is -0.300 e. The SMILES string of the molecule is O=C1C[C@@H]2CCC[C@@H](C1)N2Cc1ccccc1. The van der Waals surface area contributed by atoms with Gasteiger partial charge in [0.05, 0.1) is 0 Å². The fourth-order valence-corrected chi connectivity index (χ4v) is 3.32. The molecule has 2 bridgehead atoms. The summed E-state index contributed by atoms with van der Waals surface area (Å²) >= 11 is 0. The lowest BCUT2D eigenvalue weighted by Crippen LogP contribution is -2.51. The van der Waals surface area contributed by atoms with Gasteiger partial charge in [-0.25, -0.2) is 0 Å². The van der Waals surface area contributed by atoms with Crippen molar-refractivity contribution in [3.05, 3.63) is 35.9 Å². The van der Waals surface area contributed by atoms with Crippen molar-refractivity contribution >= 4 is 5.78 Å². The Morgan fingerprint density at radius 3 is 2.35 bits per heavy atom. The van der Waals surface area contributed by atoms with Crippen molar-refractivity contribution in [1.29, 1.82) is 0 Å². The van der Waals surface area contributed by atoms with Crippen LogP contribution in [0, 0.1) is 0 Å². The molecule has 0 saturated carbocycles. The standard InChI is InChI=1S/C15H19NO/c17-15-9-13-7-4-8-14(10-15)16(13)11-12-5-2-1-3-6-12/h1-3,5-6,13-14H,4,7-11H2/t13-,14-/m0/s1. The van der Waals surface area contributed by atoms with Crippen LogP contribution in [0.25, 0.3) is 0 Å². The van der Waals surface area contributed by atoms with E-state index in [4.69, 9.17) is 0 Å². The zero-order valence-corrected chi connectivity index (χ0v) is 10.1. The molecule has 3 rings (SSSR count). The summed E-state index contributed by atoms with van der Waals surface area (Å²) in [6.07, 6.45) is 5.27. The molecule has 0 unspecified atom stereocenters. The van der Waals surface area contributed by atoms with Gasteiger partial charge in [-0.15, -0.1) is 0 Å². The topological polar surface area (TPSA) is 20.3 Å². The number of fused-ring (bicyclic) bond motifs is 2. The second-order valence-corrected chi connectivity index (χ2v) is 5.34. The summed E-state index contributed by atoms with van der Waals surface area (Å²) in [7, 11) is 0. The van der Waals surface area contributed by atoms with Gasteiger partial charge in [0.15, 0.2) is 0 Å². The lowest BCUT2D eigenvalue weighted by Gasteiger charge is -2.45. The van der Waals surface area contributed by atoms with E-state index in [0.29, 0.717) is 17.9 Å². The van der Waals surface area contributed by atoms with Gasteiger partial charge in [0.2, 0.25) is 0 Å². The summed E-state index contributed by atoms with van der Waals surface area (Å²) in [5.74, 6) is 0.476. The quantitative estimate of drug-likeness (QED) is 0.777. The van der Waals surface area contributed by atoms with Crippen molar-refractivity contribution in [1.82, 2.24) is 4.90 Å². The van der Waals surface area contributed by atoms with E-state index in [1.807, 2.05) is 0 Å². The Labute approximate surface area is 103 Å². The molecule has 2 aliphatic rings. The predicted octanol–water partition coefficient (Wildman–Crippen LogP) is 2.77. The van der Waals surface area contributed by atoms with E-state index < -0.39 is 0 Å². The Hall–Kier alpha value is -1.15. The number of hydrogen-bond acceptors (Lipinski definition) is 2. The number of hydrogen-bond donors (Lipinski definition) is 0. The van der Waals surface area contributed by atoms with Crippen molar-refractivity contribution in [2.75, 3.05) is 0 Å². The molecule has 2 heteroatoms. The fraction of sp³-hybridized carbons (Fsp3) is 0.533. The largest absolute Gasteiger partial charge is 0.300 e. The minimum atomic E-state index is 0.476. The van der Waals surface area contributed by atoms with Crippen LogP contribution in [0.3, 0.4) is 0 Å². The van der Waals surface area contributed by atoms with Crippen LogP contribution >= 0.6 is 0 Å². The van der Waals surface area contributed by atoms with Crippen LogP contribution in [0.1, 0.15) is 37.7 Å². The van der Waals surface area contributed by atoms with E-state index in [1.54, 1.807) is 0 Å². The lowest BCUT2D eigenvalue weighted by atomic mass is 9.83. The molecule has 1 aromatic rings. The molecule has 2 heterocycles. The monoisotopic (exact) mass is 229 g/mol. The average molecular weight is 229 g/mol. The molecule has 0 N–H and O–H groups in total. The Balaban J connectivity index is 1.76. The molecule has 0 aromatic heterocycles. The van der Waals surface area contributed by atoms with E-state index in [1.165, 1.54) is 24.8 Å². The summed E-state index contributed by atoms with van der Waals surface area (Å²) in [6.45, 7) is 1.02. The molecule has 17 heavy (non-hydrogen) atoms. The first-order valence-electron chi connectivity index (χ1n) is 6.64. The van der Waals surface area contributed by atoms with Crippen LogP contribution in [-0.2, 0) is 11.3 Å². The molecule has 2 nitrogen and oxygen atoms in total. The van der Waals surface area contributed by atoms with E-state index in [0.717, 1.165) is 19.4 Å². The Kier molecular flexibility index (Phi) is 2.98. The highest BCUT2D eigenvalue weighted by molar-refractivity contribution is 5.80. The van der Waals surface area contributed by atoms with Crippen molar-refractivity contribution in [2.24, 2.45) is 0 Å². The van der Waals surface area contributed by atoms with Crippen molar-refractivity contribution in [2.45, 2.75) is 50.7 Å². The van der Waals surface area contributed by atoms with Crippen molar-refractivity contribution in [3.63, 3.8) is 0 Å². The van der Waals surface area contributed by atoms with Gasteiger partial charge in [-0.05, 0) is 18.4 Å². The molecule has 2 saturated heterocycles. The molecular weight excluding hydrogens is 210 g/mol.